The quantitative estimate of drug-likeness (QED) is 0.612. The number of halogens is 1. The van der Waals surface area contributed by atoms with E-state index in [1.807, 2.05) is 6.07 Å². The lowest BCUT2D eigenvalue weighted by atomic mass is 10.2. The van der Waals surface area contributed by atoms with Crippen LogP contribution in [0, 0.1) is 22.9 Å². The van der Waals surface area contributed by atoms with Gasteiger partial charge in [-0.15, -0.1) is 0 Å². The molecule has 1 fully saturated rings. The number of hydrogen-bond donors (Lipinski definition) is 0. The molecule has 0 aliphatic carbocycles. The maximum absolute atomic E-state index is 13.3. The van der Waals surface area contributed by atoms with Crippen LogP contribution in [0.2, 0.25) is 0 Å². The Morgan fingerprint density at radius 3 is 2.62 bits per heavy atom. The summed E-state index contributed by atoms with van der Waals surface area (Å²) >= 11 is 0. The molecule has 0 spiro atoms. The standard InChI is InChI=1S/C17H20FN5O3/c1-12-16(23(25)26)15(19-20(12)2)17(24)22-8-6-21(7-9-22)11-13-4-3-5-14(18)10-13/h3-5,10H,6-9,11H2,1-2H3. The number of amides is 1. The van der Waals surface area contributed by atoms with Crippen LogP contribution in [-0.2, 0) is 13.6 Å². The van der Waals surface area contributed by atoms with E-state index in [1.165, 1.54) is 16.8 Å². The van der Waals surface area contributed by atoms with Crippen molar-refractivity contribution in [1.82, 2.24) is 19.6 Å². The number of rotatable bonds is 4. The van der Waals surface area contributed by atoms with Gasteiger partial charge in [-0.3, -0.25) is 24.5 Å². The smallest absolute Gasteiger partial charge is 0.322 e. The molecule has 3 rings (SSSR count). The van der Waals surface area contributed by atoms with Gasteiger partial charge >= 0.3 is 5.69 Å². The van der Waals surface area contributed by atoms with Crippen LogP contribution >= 0.6 is 0 Å². The third-order valence-electron chi connectivity index (χ3n) is 4.64. The second-order valence-electron chi connectivity index (χ2n) is 6.36. The maximum Gasteiger partial charge on any atom is 0.322 e. The van der Waals surface area contributed by atoms with Gasteiger partial charge in [0.2, 0.25) is 5.69 Å². The molecule has 0 radical (unpaired) electrons. The third kappa shape index (κ3) is 3.57. The van der Waals surface area contributed by atoms with Crippen LogP contribution < -0.4 is 0 Å². The van der Waals surface area contributed by atoms with Gasteiger partial charge in [-0.05, 0) is 24.6 Å². The van der Waals surface area contributed by atoms with Crippen LogP contribution in [0.25, 0.3) is 0 Å². The number of carbonyl (C=O) groups is 1. The average Bonchev–Trinajstić information content (AvgIpc) is 2.90. The lowest BCUT2D eigenvalue weighted by Gasteiger charge is -2.34. The van der Waals surface area contributed by atoms with E-state index in [2.05, 4.69) is 10.00 Å². The highest BCUT2D eigenvalue weighted by molar-refractivity contribution is 5.96. The van der Waals surface area contributed by atoms with Crippen LogP contribution in [0.4, 0.5) is 10.1 Å². The zero-order chi connectivity index (χ0) is 18.8. The third-order valence-corrected chi connectivity index (χ3v) is 4.64. The Hall–Kier alpha value is -2.81. The van der Waals surface area contributed by atoms with Gasteiger partial charge in [0.25, 0.3) is 5.91 Å². The highest BCUT2D eigenvalue weighted by Crippen LogP contribution is 2.24. The molecule has 1 aliphatic rings. The minimum atomic E-state index is -0.560. The molecular weight excluding hydrogens is 341 g/mol. The van der Waals surface area contributed by atoms with E-state index in [1.54, 1.807) is 24.9 Å². The Morgan fingerprint density at radius 1 is 1.31 bits per heavy atom. The molecule has 1 amide bonds. The van der Waals surface area contributed by atoms with Gasteiger partial charge in [-0.1, -0.05) is 12.1 Å². The lowest BCUT2D eigenvalue weighted by molar-refractivity contribution is -0.385. The second-order valence-corrected chi connectivity index (χ2v) is 6.36. The number of nitrogens with zero attached hydrogens (tertiary/aromatic N) is 5. The monoisotopic (exact) mass is 361 g/mol. The Morgan fingerprint density at radius 2 is 2.00 bits per heavy atom. The highest BCUT2D eigenvalue weighted by Gasteiger charge is 2.33. The molecule has 1 aliphatic heterocycles. The highest BCUT2D eigenvalue weighted by atomic mass is 19.1. The van der Waals surface area contributed by atoms with Crippen LogP contribution in [0.1, 0.15) is 21.7 Å². The van der Waals surface area contributed by atoms with Crippen LogP contribution in [0.15, 0.2) is 24.3 Å². The van der Waals surface area contributed by atoms with Crippen molar-refractivity contribution < 1.29 is 14.1 Å². The van der Waals surface area contributed by atoms with E-state index >= 15 is 0 Å². The van der Waals surface area contributed by atoms with Gasteiger partial charge in [0, 0.05) is 39.8 Å². The van der Waals surface area contributed by atoms with Gasteiger partial charge in [0.1, 0.15) is 11.5 Å². The molecule has 1 aromatic carbocycles. The summed E-state index contributed by atoms with van der Waals surface area (Å²) in [4.78, 5) is 27.1. The molecule has 1 aromatic heterocycles. The number of carbonyl (C=O) groups excluding carboxylic acids is 1. The molecule has 2 aromatic rings. The molecule has 0 unspecified atom stereocenters. The molecular formula is C17H20FN5O3. The second kappa shape index (κ2) is 7.20. The Balaban J connectivity index is 1.66. The zero-order valence-corrected chi connectivity index (χ0v) is 14.7. The molecule has 1 saturated heterocycles. The van der Waals surface area contributed by atoms with Crippen molar-refractivity contribution >= 4 is 11.6 Å². The van der Waals surface area contributed by atoms with E-state index in [0.29, 0.717) is 38.4 Å². The maximum atomic E-state index is 13.3. The number of piperazine rings is 1. The van der Waals surface area contributed by atoms with E-state index in [0.717, 1.165) is 5.56 Å². The van der Waals surface area contributed by atoms with E-state index in [-0.39, 0.29) is 17.2 Å². The number of nitro groups is 1. The summed E-state index contributed by atoms with van der Waals surface area (Å²) < 4.78 is 14.6. The number of hydrogen-bond acceptors (Lipinski definition) is 5. The Kier molecular flexibility index (Phi) is 4.99. The van der Waals surface area contributed by atoms with Crippen molar-refractivity contribution in [1.29, 1.82) is 0 Å². The molecule has 8 nitrogen and oxygen atoms in total. The molecule has 9 heteroatoms. The van der Waals surface area contributed by atoms with Gasteiger partial charge in [-0.25, -0.2) is 4.39 Å². The Labute approximate surface area is 150 Å². The van der Waals surface area contributed by atoms with Crippen LogP contribution in [-0.4, -0.2) is 56.6 Å². The zero-order valence-electron chi connectivity index (χ0n) is 14.7. The summed E-state index contributed by atoms with van der Waals surface area (Å²) in [6.45, 7) is 4.28. The van der Waals surface area contributed by atoms with Gasteiger partial charge < -0.3 is 4.90 Å². The summed E-state index contributed by atoms with van der Waals surface area (Å²) in [5.74, 6) is -0.694. The summed E-state index contributed by atoms with van der Waals surface area (Å²) in [6.07, 6.45) is 0. The first-order valence-corrected chi connectivity index (χ1v) is 8.31. The minimum absolute atomic E-state index is 0.117. The largest absolute Gasteiger partial charge is 0.334 e. The molecule has 0 atom stereocenters. The summed E-state index contributed by atoms with van der Waals surface area (Å²) in [5, 5.41) is 15.3. The van der Waals surface area contributed by atoms with E-state index in [4.69, 9.17) is 0 Å². The van der Waals surface area contributed by atoms with Crippen molar-refractivity contribution in [2.45, 2.75) is 13.5 Å². The lowest BCUT2D eigenvalue weighted by Crippen LogP contribution is -2.48. The van der Waals surface area contributed by atoms with Crippen molar-refractivity contribution in [3.05, 3.63) is 57.1 Å². The molecule has 138 valence electrons. The SMILES string of the molecule is Cc1c([N+](=O)[O-])c(C(=O)N2CCN(Cc3cccc(F)c3)CC2)nn1C. The summed E-state index contributed by atoms with van der Waals surface area (Å²) in [6, 6.07) is 6.44. The van der Waals surface area contributed by atoms with Crippen molar-refractivity contribution in [3.63, 3.8) is 0 Å². The average molecular weight is 361 g/mol. The van der Waals surface area contributed by atoms with Crippen molar-refractivity contribution in [2.75, 3.05) is 26.2 Å². The van der Waals surface area contributed by atoms with E-state index in [9.17, 15) is 19.3 Å². The number of aromatic nitrogens is 2. The van der Waals surface area contributed by atoms with Crippen molar-refractivity contribution in [2.24, 2.45) is 7.05 Å². The van der Waals surface area contributed by atoms with Gasteiger partial charge in [-0.2, -0.15) is 5.10 Å². The summed E-state index contributed by atoms with van der Waals surface area (Å²) in [5.41, 5.74) is 0.872. The van der Waals surface area contributed by atoms with Crippen LogP contribution in [0.5, 0.6) is 0 Å². The minimum Gasteiger partial charge on any atom is -0.334 e. The molecule has 26 heavy (non-hydrogen) atoms. The first-order valence-electron chi connectivity index (χ1n) is 8.31. The number of benzene rings is 1. The number of aryl methyl sites for hydroxylation is 1. The molecule has 0 bridgehead atoms. The normalized spacial score (nSPS) is 15.3. The van der Waals surface area contributed by atoms with E-state index < -0.39 is 10.8 Å². The predicted molar refractivity (Wildman–Crippen MR) is 92.2 cm³/mol. The first kappa shape index (κ1) is 18.0. The van der Waals surface area contributed by atoms with Gasteiger partial charge in [0.05, 0.1) is 4.92 Å². The fourth-order valence-corrected chi connectivity index (χ4v) is 3.11. The fraction of sp³-hybridized carbons (Fsp3) is 0.412. The van der Waals surface area contributed by atoms with Crippen molar-refractivity contribution in [3.8, 4) is 0 Å². The fourth-order valence-electron chi connectivity index (χ4n) is 3.11. The molecule has 0 N–H and O–H groups in total. The first-order chi connectivity index (χ1) is 12.4. The Bertz CT molecular complexity index is 843. The topological polar surface area (TPSA) is 84.5 Å². The van der Waals surface area contributed by atoms with Gasteiger partial charge in [0.15, 0.2) is 0 Å². The molecule has 2 heterocycles. The molecule has 0 saturated carbocycles. The predicted octanol–water partition coefficient (Wildman–Crippen LogP) is 1.73. The summed E-state index contributed by atoms with van der Waals surface area (Å²) in [7, 11) is 1.58. The van der Waals surface area contributed by atoms with Crippen LogP contribution in [0.3, 0.4) is 0 Å².